The van der Waals surface area contributed by atoms with Gasteiger partial charge in [0.05, 0.1) is 13.2 Å². The molecule has 0 saturated heterocycles. The Balaban J connectivity index is 2.44. The molecule has 0 radical (unpaired) electrons. The van der Waals surface area contributed by atoms with Crippen molar-refractivity contribution in [1.29, 1.82) is 0 Å². The monoisotopic (exact) mass is 291 g/mol. The molecule has 3 nitrogen and oxygen atoms in total. The minimum absolute atomic E-state index is 0.676. The minimum Gasteiger partial charge on any atom is -0.494 e. The van der Waals surface area contributed by atoms with Crippen LogP contribution in [0.1, 0.15) is 32.8 Å². The van der Waals surface area contributed by atoms with E-state index in [1.54, 1.807) is 0 Å². The Morgan fingerprint density at radius 1 is 1.29 bits per heavy atom. The van der Waals surface area contributed by atoms with E-state index in [4.69, 9.17) is 9.47 Å². The fraction of sp³-hybridized carbons (Fsp3) is 0.556. The summed E-state index contributed by atoms with van der Waals surface area (Å²) < 4.78 is 11.4. The maximum absolute atomic E-state index is 5.89. The van der Waals surface area contributed by atoms with Crippen molar-refractivity contribution in [2.24, 2.45) is 5.92 Å². The van der Waals surface area contributed by atoms with Gasteiger partial charge in [-0.25, -0.2) is 0 Å². The summed E-state index contributed by atoms with van der Waals surface area (Å²) in [5.74, 6) is 2.51. The number of allylic oxidation sites excluding steroid dienone is 1. The molecule has 118 valence electrons. The van der Waals surface area contributed by atoms with E-state index in [9.17, 15) is 0 Å². The van der Waals surface area contributed by atoms with E-state index < -0.39 is 0 Å². The summed E-state index contributed by atoms with van der Waals surface area (Å²) in [4.78, 5) is 0. The second-order valence-corrected chi connectivity index (χ2v) is 5.50. The lowest BCUT2D eigenvalue weighted by Gasteiger charge is -2.13. The first-order chi connectivity index (χ1) is 10.2. The molecule has 21 heavy (non-hydrogen) atoms. The van der Waals surface area contributed by atoms with E-state index in [-0.39, 0.29) is 0 Å². The van der Waals surface area contributed by atoms with Crippen molar-refractivity contribution in [3.63, 3.8) is 0 Å². The molecule has 0 heterocycles. The number of hydrogen-bond donors (Lipinski definition) is 1. The van der Waals surface area contributed by atoms with Crippen LogP contribution in [0.25, 0.3) is 0 Å². The van der Waals surface area contributed by atoms with Gasteiger partial charge in [-0.3, -0.25) is 0 Å². The van der Waals surface area contributed by atoms with Gasteiger partial charge in [0.15, 0.2) is 0 Å². The minimum atomic E-state index is 0.676. The molecule has 0 aliphatic heterocycles. The SMILES string of the molecule is C=CCc1cc(OCC)ccc1OCCCNCC(C)C. The second-order valence-electron chi connectivity index (χ2n) is 5.50. The number of nitrogens with one attached hydrogen (secondary N) is 1. The molecule has 0 atom stereocenters. The predicted octanol–water partition coefficient (Wildman–Crippen LogP) is 3.83. The molecule has 0 spiro atoms. The molecular formula is C18H29NO2. The summed E-state index contributed by atoms with van der Waals surface area (Å²) >= 11 is 0. The molecule has 0 unspecified atom stereocenters. The highest BCUT2D eigenvalue weighted by Crippen LogP contribution is 2.25. The van der Waals surface area contributed by atoms with Crippen molar-refractivity contribution >= 4 is 0 Å². The summed E-state index contributed by atoms with van der Waals surface area (Å²) in [6, 6.07) is 5.99. The summed E-state index contributed by atoms with van der Waals surface area (Å²) in [5.41, 5.74) is 1.13. The maximum Gasteiger partial charge on any atom is 0.123 e. The zero-order valence-corrected chi connectivity index (χ0v) is 13.7. The number of ether oxygens (including phenoxy) is 2. The van der Waals surface area contributed by atoms with Gasteiger partial charge in [-0.2, -0.15) is 0 Å². The zero-order chi connectivity index (χ0) is 15.5. The van der Waals surface area contributed by atoms with Crippen molar-refractivity contribution in [3.8, 4) is 11.5 Å². The van der Waals surface area contributed by atoms with Crippen LogP contribution in [0.4, 0.5) is 0 Å². The molecule has 0 amide bonds. The van der Waals surface area contributed by atoms with Gasteiger partial charge < -0.3 is 14.8 Å². The predicted molar refractivity (Wildman–Crippen MR) is 89.3 cm³/mol. The first-order valence-electron chi connectivity index (χ1n) is 7.87. The van der Waals surface area contributed by atoms with Crippen molar-refractivity contribution in [1.82, 2.24) is 5.32 Å². The van der Waals surface area contributed by atoms with Crippen LogP contribution in [0.5, 0.6) is 11.5 Å². The standard InChI is InChI=1S/C18H29NO2/c1-5-8-16-13-17(20-6-2)9-10-18(16)21-12-7-11-19-14-15(3)4/h5,9-10,13,15,19H,1,6-8,11-12,14H2,2-4H3. The van der Waals surface area contributed by atoms with Crippen molar-refractivity contribution < 1.29 is 9.47 Å². The molecular weight excluding hydrogens is 262 g/mol. The first kappa shape index (κ1) is 17.6. The van der Waals surface area contributed by atoms with Crippen LogP contribution in [-0.4, -0.2) is 26.3 Å². The van der Waals surface area contributed by atoms with Crippen molar-refractivity contribution in [2.75, 3.05) is 26.3 Å². The van der Waals surface area contributed by atoms with Crippen molar-refractivity contribution in [3.05, 3.63) is 36.4 Å². The van der Waals surface area contributed by atoms with Crippen LogP contribution >= 0.6 is 0 Å². The van der Waals surface area contributed by atoms with E-state index in [0.29, 0.717) is 12.5 Å². The Morgan fingerprint density at radius 2 is 2.10 bits per heavy atom. The second kappa shape index (κ2) is 10.3. The third-order valence-electron chi connectivity index (χ3n) is 3.02. The van der Waals surface area contributed by atoms with Gasteiger partial charge in [-0.05, 0) is 57.0 Å². The highest BCUT2D eigenvalue weighted by molar-refractivity contribution is 5.41. The smallest absolute Gasteiger partial charge is 0.123 e. The maximum atomic E-state index is 5.89. The molecule has 3 heteroatoms. The molecule has 1 aromatic rings. The van der Waals surface area contributed by atoms with Gasteiger partial charge in [0, 0.05) is 5.56 Å². The Labute approximate surface area is 129 Å². The fourth-order valence-electron chi connectivity index (χ4n) is 2.04. The third-order valence-corrected chi connectivity index (χ3v) is 3.02. The van der Waals surface area contributed by atoms with Gasteiger partial charge in [-0.15, -0.1) is 6.58 Å². The summed E-state index contributed by atoms with van der Waals surface area (Å²) in [7, 11) is 0. The van der Waals surface area contributed by atoms with Crippen LogP contribution < -0.4 is 14.8 Å². The van der Waals surface area contributed by atoms with Gasteiger partial charge >= 0.3 is 0 Å². The zero-order valence-electron chi connectivity index (χ0n) is 13.7. The van der Waals surface area contributed by atoms with Crippen LogP contribution in [0.3, 0.4) is 0 Å². The highest BCUT2D eigenvalue weighted by atomic mass is 16.5. The average Bonchev–Trinajstić information content (AvgIpc) is 2.45. The molecule has 1 N–H and O–H groups in total. The van der Waals surface area contributed by atoms with Crippen molar-refractivity contribution in [2.45, 2.75) is 33.6 Å². The summed E-state index contributed by atoms with van der Waals surface area (Å²) in [6.07, 6.45) is 3.69. The Hall–Kier alpha value is -1.48. The third kappa shape index (κ3) is 7.19. The van der Waals surface area contributed by atoms with Crippen LogP contribution in [0.2, 0.25) is 0 Å². The average molecular weight is 291 g/mol. The Bertz CT molecular complexity index is 416. The van der Waals surface area contributed by atoms with Gasteiger partial charge in [0.25, 0.3) is 0 Å². The number of hydrogen-bond acceptors (Lipinski definition) is 3. The quantitative estimate of drug-likeness (QED) is 0.496. The fourth-order valence-corrected chi connectivity index (χ4v) is 2.04. The first-order valence-corrected chi connectivity index (χ1v) is 7.87. The van der Waals surface area contributed by atoms with E-state index in [1.807, 2.05) is 31.2 Å². The van der Waals surface area contributed by atoms with E-state index in [1.165, 1.54) is 0 Å². The van der Waals surface area contributed by atoms with Gasteiger partial charge in [0.1, 0.15) is 11.5 Å². The molecule has 0 aliphatic rings. The lowest BCUT2D eigenvalue weighted by atomic mass is 10.1. The summed E-state index contributed by atoms with van der Waals surface area (Å²) in [6.45, 7) is 13.7. The summed E-state index contributed by atoms with van der Waals surface area (Å²) in [5, 5.41) is 3.42. The largest absolute Gasteiger partial charge is 0.494 e. The molecule has 1 aromatic carbocycles. The van der Waals surface area contributed by atoms with Gasteiger partial charge in [-0.1, -0.05) is 19.9 Å². The lowest BCUT2D eigenvalue weighted by molar-refractivity contribution is 0.302. The molecule has 1 rings (SSSR count). The molecule has 0 saturated carbocycles. The van der Waals surface area contributed by atoms with E-state index in [2.05, 4.69) is 25.7 Å². The van der Waals surface area contributed by atoms with Crippen LogP contribution in [0.15, 0.2) is 30.9 Å². The van der Waals surface area contributed by atoms with Crippen LogP contribution in [-0.2, 0) is 6.42 Å². The lowest BCUT2D eigenvalue weighted by Crippen LogP contribution is -2.22. The normalized spacial score (nSPS) is 10.7. The molecule has 0 aliphatic carbocycles. The van der Waals surface area contributed by atoms with E-state index in [0.717, 1.165) is 49.6 Å². The molecule has 0 fully saturated rings. The Kier molecular flexibility index (Phi) is 8.60. The number of benzene rings is 1. The molecule has 0 bridgehead atoms. The highest BCUT2D eigenvalue weighted by Gasteiger charge is 2.05. The van der Waals surface area contributed by atoms with Crippen LogP contribution in [0, 0.1) is 5.92 Å². The topological polar surface area (TPSA) is 30.5 Å². The van der Waals surface area contributed by atoms with E-state index >= 15 is 0 Å². The number of rotatable bonds is 11. The molecule has 0 aromatic heterocycles. The Morgan fingerprint density at radius 3 is 2.76 bits per heavy atom. The van der Waals surface area contributed by atoms with Gasteiger partial charge in [0.2, 0.25) is 0 Å².